The number of epoxide rings is 1. The van der Waals surface area contributed by atoms with Crippen LogP contribution < -0.4 is 0 Å². The Balaban J connectivity index is 1.56. The topological polar surface area (TPSA) is 98.5 Å². The van der Waals surface area contributed by atoms with Crippen molar-refractivity contribution < 1.29 is 33.3 Å². The van der Waals surface area contributed by atoms with Gasteiger partial charge in [-0.25, -0.2) is 4.79 Å². The molecule has 4 rings (SSSR count). The molecule has 32 heavy (non-hydrogen) atoms. The molecule has 0 amide bonds. The van der Waals surface area contributed by atoms with E-state index < -0.39 is 29.2 Å². The number of carbonyl (C=O) groups excluding carboxylic acids is 2. The molecule has 2 saturated heterocycles. The van der Waals surface area contributed by atoms with Crippen molar-refractivity contribution in [3.8, 4) is 0 Å². The molecule has 1 aliphatic carbocycles. The van der Waals surface area contributed by atoms with Crippen LogP contribution in [0.15, 0.2) is 34.7 Å². The van der Waals surface area contributed by atoms with E-state index in [-0.39, 0.29) is 30.0 Å². The van der Waals surface area contributed by atoms with Crippen LogP contribution in [-0.2, 0) is 23.8 Å². The standard InChI is InChI=1S/C25H34O7/c1-6-14(2)22(27)31-21(24(4)19(26)7-8-20-25(24,5)32-20)11-15(3)17-12-18(30-23(17)28)16-9-10-29-13-16/h6,9-10,13,15,17-21,26H,7-8,11-12H2,1-5H3/b14-6+/t15-,17-,18-,19+,20-,21-,24-,25-/m1/s1. The van der Waals surface area contributed by atoms with E-state index >= 15 is 0 Å². The Bertz CT molecular complexity index is 890. The molecule has 7 heteroatoms. The van der Waals surface area contributed by atoms with Crippen LogP contribution >= 0.6 is 0 Å². The van der Waals surface area contributed by atoms with E-state index in [4.69, 9.17) is 18.6 Å². The molecule has 0 bridgehead atoms. The van der Waals surface area contributed by atoms with Crippen LogP contribution in [0.4, 0.5) is 0 Å². The average molecular weight is 447 g/mol. The van der Waals surface area contributed by atoms with Crippen LogP contribution in [0.3, 0.4) is 0 Å². The molecule has 8 atom stereocenters. The summed E-state index contributed by atoms with van der Waals surface area (Å²) in [5, 5.41) is 11.1. The van der Waals surface area contributed by atoms with Crippen LogP contribution in [0.25, 0.3) is 0 Å². The molecule has 0 radical (unpaired) electrons. The van der Waals surface area contributed by atoms with E-state index in [9.17, 15) is 14.7 Å². The first-order valence-electron chi connectivity index (χ1n) is 11.5. The van der Waals surface area contributed by atoms with Crippen molar-refractivity contribution in [2.24, 2.45) is 17.3 Å². The molecule has 1 saturated carbocycles. The average Bonchev–Trinajstić information content (AvgIpc) is 3.12. The number of esters is 2. The first kappa shape index (κ1) is 23.1. The highest BCUT2D eigenvalue weighted by Gasteiger charge is 2.71. The molecule has 3 heterocycles. The summed E-state index contributed by atoms with van der Waals surface area (Å²) in [6, 6.07) is 1.81. The summed E-state index contributed by atoms with van der Waals surface area (Å²) in [4.78, 5) is 25.5. The van der Waals surface area contributed by atoms with Gasteiger partial charge in [0.2, 0.25) is 0 Å². The molecule has 0 unspecified atom stereocenters. The van der Waals surface area contributed by atoms with Gasteiger partial charge in [-0.15, -0.1) is 0 Å². The van der Waals surface area contributed by atoms with Gasteiger partial charge in [0.15, 0.2) is 0 Å². The minimum atomic E-state index is -0.777. The van der Waals surface area contributed by atoms with Gasteiger partial charge in [0, 0.05) is 17.6 Å². The fourth-order valence-corrected chi connectivity index (χ4v) is 5.53. The molecule has 3 fully saturated rings. The van der Waals surface area contributed by atoms with Crippen LogP contribution in [0.1, 0.15) is 72.0 Å². The second-order valence-corrected chi connectivity index (χ2v) is 9.99. The smallest absolute Gasteiger partial charge is 0.333 e. The lowest BCUT2D eigenvalue weighted by atomic mass is 9.61. The van der Waals surface area contributed by atoms with Gasteiger partial charge in [-0.05, 0) is 52.0 Å². The summed E-state index contributed by atoms with van der Waals surface area (Å²) >= 11 is 0. The summed E-state index contributed by atoms with van der Waals surface area (Å²) in [5.41, 5.74) is 0.0149. The number of hydrogen-bond acceptors (Lipinski definition) is 7. The second kappa shape index (κ2) is 8.34. The van der Waals surface area contributed by atoms with Crippen LogP contribution in [0, 0.1) is 17.3 Å². The Morgan fingerprint density at radius 3 is 2.78 bits per heavy atom. The molecule has 1 N–H and O–H groups in total. The van der Waals surface area contributed by atoms with Gasteiger partial charge in [-0.3, -0.25) is 4.79 Å². The van der Waals surface area contributed by atoms with Crippen molar-refractivity contribution in [1.82, 2.24) is 0 Å². The predicted molar refractivity (Wildman–Crippen MR) is 115 cm³/mol. The van der Waals surface area contributed by atoms with Crippen molar-refractivity contribution in [2.75, 3.05) is 0 Å². The Morgan fingerprint density at radius 1 is 1.38 bits per heavy atom. The number of cyclic esters (lactones) is 1. The van der Waals surface area contributed by atoms with Crippen LogP contribution in [-0.4, -0.2) is 41.0 Å². The maximum atomic E-state index is 12.8. The molecule has 7 nitrogen and oxygen atoms in total. The maximum absolute atomic E-state index is 12.8. The quantitative estimate of drug-likeness (QED) is 0.382. The minimum absolute atomic E-state index is 0.0529. The highest BCUT2D eigenvalue weighted by Crippen LogP contribution is 2.61. The lowest BCUT2D eigenvalue weighted by Crippen LogP contribution is -2.57. The zero-order chi connectivity index (χ0) is 23.3. The third kappa shape index (κ3) is 3.69. The van der Waals surface area contributed by atoms with Crippen LogP contribution in [0.2, 0.25) is 0 Å². The third-order valence-electron chi connectivity index (χ3n) is 8.30. The van der Waals surface area contributed by atoms with Gasteiger partial charge >= 0.3 is 11.9 Å². The van der Waals surface area contributed by atoms with Crippen molar-refractivity contribution in [3.05, 3.63) is 35.8 Å². The van der Waals surface area contributed by atoms with Crippen molar-refractivity contribution in [1.29, 1.82) is 0 Å². The summed E-state index contributed by atoms with van der Waals surface area (Å²) in [7, 11) is 0. The lowest BCUT2D eigenvalue weighted by Gasteiger charge is -2.47. The van der Waals surface area contributed by atoms with Gasteiger partial charge in [0.25, 0.3) is 0 Å². The van der Waals surface area contributed by atoms with E-state index in [1.807, 2.05) is 20.8 Å². The first-order chi connectivity index (χ1) is 15.1. The highest BCUT2D eigenvalue weighted by atomic mass is 16.6. The predicted octanol–water partition coefficient (Wildman–Crippen LogP) is 4.11. The third-order valence-corrected chi connectivity index (χ3v) is 8.30. The SMILES string of the molecule is C/C=C(\C)C(=O)O[C@H](C[C@@H](C)[C@H]1C[C@H](c2ccoc2)OC1=O)[C@@]1(C)[C@@H](O)CC[C@H]2O[C@]21C. The summed E-state index contributed by atoms with van der Waals surface area (Å²) < 4.78 is 22.8. The lowest BCUT2D eigenvalue weighted by molar-refractivity contribution is -0.170. The number of aliphatic hydroxyl groups excluding tert-OH is 1. The molecule has 1 aromatic heterocycles. The Labute approximate surface area is 189 Å². The zero-order valence-electron chi connectivity index (χ0n) is 19.5. The molecule has 2 aliphatic heterocycles. The Hall–Kier alpha value is -2.12. The fraction of sp³-hybridized carbons (Fsp3) is 0.680. The number of hydrogen-bond donors (Lipinski definition) is 1. The zero-order valence-corrected chi connectivity index (χ0v) is 19.5. The van der Waals surface area contributed by atoms with Crippen molar-refractivity contribution >= 4 is 11.9 Å². The first-order valence-corrected chi connectivity index (χ1v) is 11.5. The number of aliphatic hydroxyl groups is 1. The number of rotatable bonds is 7. The normalized spacial score (nSPS) is 38.6. The Kier molecular flexibility index (Phi) is 6.01. The van der Waals surface area contributed by atoms with Gasteiger partial charge < -0.3 is 23.7 Å². The van der Waals surface area contributed by atoms with Crippen molar-refractivity contribution in [2.45, 2.75) is 90.3 Å². The molecular weight excluding hydrogens is 412 g/mol. The van der Waals surface area contributed by atoms with E-state index in [2.05, 4.69) is 0 Å². The number of allylic oxidation sites excluding steroid dienone is 1. The van der Waals surface area contributed by atoms with Gasteiger partial charge in [-0.1, -0.05) is 19.9 Å². The van der Waals surface area contributed by atoms with E-state index in [0.29, 0.717) is 24.8 Å². The maximum Gasteiger partial charge on any atom is 0.333 e. The molecular formula is C25H34O7. The molecule has 1 aromatic rings. The van der Waals surface area contributed by atoms with Crippen molar-refractivity contribution in [3.63, 3.8) is 0 Å². The summed E-state index contributed by atoms with van der Waals surface area (Å²) in [6.45, 7) is 9.43. The van der Waals surface area contributed by atoms with E-state index in [0.717, 1.165) is 12.0 Å². The number of carbonyl (C=O) groups is 2. The largest absolute Gasteiger partial charge is 0.472 e. The monoisotopic (exact) mass is 446 g/mol. The van der Waals surface area contributed by atoms with Gasteiger partial charge in [0.05, 0.1) is 36.1 Å². The highest BCUT2D eigenvalue weighted by molar-refractivity contribution is 5.87. The minimum Gasteiger partial charge on any atom is -0.472 e. The molecule has 0 spiro atoms. The van der Waals surface area contributed by atoms with E-state index in [1.165, 1.54) is 0 Å². The van der Waals surface area contributed by atoms with Gasteiger partial charge in [-0.2, -0.15) is 0 Å². The Morgan fingerprint density at radius 2 is 2.12 bits per heavy atom. The molecule has 3 aliphatic rings. The summed E-state index contributed by atoms with van der Waals surface area (Å²) in [5.74, 6) is -1.10. The van der Waals surface area contributed by atoms with Crippen LogP contribution in [0.5, 0.6) is 0 Å². The second-order valence-electron chi connectivity index (χ2n) is 9.99. The van der Waals surface area contributed by atoms with E-state index in [1.54, 1.807) is 38.5 Å². The summed E-state index contributed by atoms with van der Waals surface area (Å²) in [6.07, 6.45) is 5.68. The van der Waals surface area contributed by atoms with Gasteiger partial charge in [0.1, 0.15) is 17.8 Å². The number of fused-ring (bicyclic) bond motifs is 1. The number of ether oxygens (including phenoxy) is 3. The number of furan rings is 1. The fourth-order valence-electron chi connectivity index (χ4n) is 5.53. The molecule has 0 aromatic carbocycles. The molecule has 176 valence electrons.